The molecule has 0 aromatic heterocycles. The summed E-state index contributed by atoms with van der Waals surface area (Å²) in [5.41, 5.74) is 5.17. The summed E-state index contributed by atoms with van der Waals surface area (Å²) in [6.45, 7) is 1.37. The summed E-state index contributed by atoms with van der Waals surface area (Å²) < 4.78 is 25.5. The minimum atomic E-state index is -4.26. The summed E-state index contributed by atoms with van der Waals surface area (Å²) >= 11 is 0. The number of allylic oxidation sites excluding steroid dienone is 8. The van der Waals surface area contributed by atoms with Gasteiger partial charge in [0, 0.05) is 13.0 Å². The van der Waals surface area contributed by atoms with Crippen LogP contribution in [0.2, 0.25) is 0 Å². The van der Waals surface area contributed by atoms with Crippen LogP contribution < -0.4 is 5.73 Å². The second kappa shape index (κ2) is 27.0. The van der Waals surface area contributed by atoms with Gasteiger partial charge in [-0.1, -0.05) is 94.1 Å². The monoisotopic (exact) mass is 557 g/mol. The number of hydrogen-bond donors (Lipinski definition) is 3. The summed E-state index contributed by atoms with van der Waals surface area (Å²) in [6.07, 6.45) is 31.2. The number of phosphoric acid groups is 1. The van der Waals surface area contributed by atoms with Crippen molar-refractivity contribution < 1.29 is 33.1 Å². The van der Waals surface area contributed by atoms with E-state index >= 15 is 0 Å². The minimum absolute atomic E-state index is 0.0648. The molecule has 0 aromatic carbocycles. The van der Waals surface area contributed by atoms with Gasteiger partial charge >= 0.3 is 13.8 Å². The molecule has 0 saturated carbocycles. The average Bonchev–Trinajstić information content (AvgIpc) is 2.90. The van der Waals surface area contributed by atoms with E-state index in [1.54, 1.807) is 0 Å². The Morgan fingerprint density at radius 1 is 0.789 bits per heavy atom. The molecule has 0 heterocycles. The lowest BCUT2D eigenvalue weighted by atomic mass is 10.1. The fraction of sp³-hybridized carbons (Fsp3) is 0.690. The Bertz CT molecular complexity index is 722. The molecule has 0 aliphatic carbocycles. The third kappa shape index (κ3) is 27.5. The first-order valence-corrected chi connectivity index (χ1v) is 15.7. The maximum atomic E-state index is 11.7. The van der Waals surface area contributed by atoms with E-state index in [0.29, 0.717) is 6.42 Å². The predicted molar refractivity (Wildman–Crippen MR) is 155 cm³/mol. The van der Waals surface area contributed by atoms with Crippen LogP contribution in [0.4, 0.5) is 0 Å². The molecule has 0 radical (unpaired) electrons. The molecule has 1 unspecified atom stereocenters. The zero-order valence-corrected chi connectivity index (χ0v) is 24.3. The number of hydrogen-bond acceptors (Lipinski definition) is 7. The van der Waals surface area contributed by atoms with Crippen molar-refractivity contribution in [2.45, 2.75) is 103 Å². The fourth-order valence-corrected chi connectivity index (χ4v) is 4.10. The molecule has 2 atom stereocenters. The highest BCUT2D eigenvalue weighted by molar-refractivity contribution is 7.47. The first-order valence-electron chi connectivity index (χ1n) is 14.2. The molecule has 0 aliphatic rings. The highest BCUT2D eigenvalue weighted by Crippen LogP contribution is 2.42. The van der Waals surface area contributed by atoms with Gasteiger partial charge in [0.1, 0.15) is 12.7 Å². The maximum absolute atomic E-state index is 11.7. The molecule has 0 aromatic rings. The van der Waals surface area contributed by atoms with Gasteiger partial charge in [-0.15, -0.1) is 0 Å². The van der Waals surface area contributed by atoms with E-state index in [9.17, 15) is 19.4 Å². The van der Waals surface area contributed by atoms with Gasteiger partial charge in [-0.3, -0.25) is 13.8 Å². The molecule has 0 fully saturated rings. The summed E-state index contributed by atoms with van der Waals surface area (Å²) in [5, 5.41) is 9.69. The molecule has 0 amide bonds. The molecule has 0 rings (SSSR count). The maximum Gasteiger partial charge on any atom is 0.472 e. The van der Waals surface area contributed by atoms with Crippen LogP contribution >= 0.6 is 7.82 Å². The second-order valence-corrected chi connectivity index (χ2v) is 10.6. The molecule has 0 spiro atoms. The van der Waals surface area contributed by atoms with E-state index in [4.69, 9.17) is 10.5 Å². The zero-order chi connectivity index (χ0) is 28.2. The van der Waals surface area contributed by atoms with Gasteiger partial charge in [0.05, 0.1) is 13.2 Å². The highest BCUT2D eigenvalue weighted by Gasteiger charge is 2.22. The smallest absolute Gasteiger partial charge is 0.463 e. The molecule has 0 aliphatic heterocycles. The molecule has 0 saturated heterocycles. The second-order valence-electron chi connectivity index (χ2n) is 9.12. The number of aliphatic hydroxyl groups excluding tert-OH is 1. The van der Waals surface area contributed by atoms with E-state index in [1.165, 1.54) is 51.4 Å². The van der Waals surface area contributed by atoms with Crippen molar-refractivity contribution >= 4 is 13.8 Å². The minimum Gasteiger partial charge on any atom is -0.463 e. The lowest BCUT2D eigenvalue weighted by Crippen LogP contribution is -2.23. The molecule has 4 N–H and O–H groups in total. The number of nitrogens with two attached hydrogens (primary N) is 1. The summed E-state index contributed by atoms with van der Waals surface area (Å²) in [7, 11) is -4.26. The van der Waals surface area contributed by atoms with Gasteiger partial charge in [-0.05, 0) is 44.9 Å². The number of carbonyl (C=O) groups excluding carboxylic acids is 1. The Labute approximate surface area is 230 Å². The number of ether oxygens (including phenoxy) is 1. The van der Waals surface area contributed by atoms with E-state index in [0.717, 1.165) is 25.7 Å². The van der Waals surface area contributed by atoms with Crippen molar-refractivity contribution in [2.24, 2.45) is 5.73 Å². The molecule has 9 heteroatoms. The van der Waals surface area contributed by atoms with E-state index < -0.39 is 26.5 Å². The molecule has 8 nitrogen and oxygen atoms in total. The number of phosphoric ester groups is 1. The number of esters is 1. The number of carbonyl (C=O) groups is 1. The fourth-order valence-electron chi connectivity index (χ4n) is 3.33. The van der Waals surface area contributed by atoms with Gasteiger partial charge in [0.15, 0.2) is 0 Å². The highest BCUT2D eigenvalue weighted by atomic mass is 31.2. The number of aliphatic hydroxyl groups is 1. The van der Waals surface area contributed by atoms with Crippen molar-refractivity contribution in [3.63, 3.8) is 0 Å². The largest absolute Gasteiger partial charge is 0.472 e. The summed E-state index contributed by atoms with van der Waals surface area (Å²) in [4.78, 5) is 21.1. The van der Waals surface area contributed by atoms with Crippen LogP contribution in [0.5, 0.6) is 0 Å². The Kier molecular flexibility index (Phi) is 25.9. The van der Waals surface area contributed by atoms with Crippen LogP contribution in [0.3, 0.4) is 0 Å². The first-order chi connectivity index (χ1) is 18.4. The lowest BCUT2D eigenvalue weighted by molar-refractivity contribution is -0.147. The molecular formula is C29H52NO7P. The molecule has 220 valence electrons. The van der Waals surface area contributed by atoms with Gasteiger partial charge < -0.3 is 20.5 Å². The number of rotatable bonds is 26. The van der Waals surface area contributed by atoms with Crippen molar-refractivity contribution in [1.29, 1.82) is 0 Å². The Hall–Kier alpha value is -1.54. The van der Waals surface area contributed by atoms with Crippen LogP contribution in [0.1, 0.15) is 96.8 Å². The van der Waals surface area contributed by atoms with E-state index in [1.807, 2.05) is 6.08 Å². The quantitative estimate of drug-likeness (QED) is 0.0464. The number of unbranched alkanes of at least 4 members (excludes halogenated alkanes) is 8. The van der Waals surface area contributed by atoms with Crippen molar-refractivity contribution in [3.05, 3.63) is 48.6 Å². The topological polar surface area (TPSA) is 128 Å². The Morgan fingerprint density at radius 2 is 1.32 bits per heavy atom. The normalized spacial score (nSPS) is 14.7. The third-order valence-corrected chi connectivity index (χ3v) is 6.43. The predicted octanol–water partition coefficient (Wildman–Crippen LogP) is 6.69. The van der Waals surface area contributed by atoms with E-state index in [2.05, 4.69) is 58.5 Å². The Morgan fingerprint density at radius 3 is 1.89 bits per heavy atom. The summed E-state index contributed by atoms with van der Waals surface area (Å²) in [5.74, 6) is -0.441. The van der Waals surface area contributed by atoms with Gasteiger partial charge in [0.2, 0.25) is 0 Å². The van der Waals surface area contributed by atoms with Crippen molar-refractivity contribution in [1.82, 2.24) is 0 Å². The van der Waals surface area contributed by atoms with E-state index in [-0.39, 0.29) is 26.2 Å². The van der Waals surface area contributed by atoms with Gasteiger partial charge in [0.25, 0.3) is 0 Å². The average molecular weight is 558 g/mol. The summed E-state index contributed by atoms with van der Waals surface area (Å²) in [6, 6.07) is 0. The van der Waals surface area contributed by atoms with Crippen LogP contribution in [0, 0.1) is 0 Å². The standard InChI is InChI=1S/C29H52NO7P/c1-2-3-4-5-6-7-8-9-10-11-12-13-14-15-16-17-18-19-20-21-22-23-29(32)35-26-28(31)27-37-38(33,34)36-25-24-30/h10-11,13-14,16-17,19-20,28,31H,2-9,12,15,18,21-27,30H2,1H3,(H,33,34)/b11-10+,14-13+,17-16+,20-19+/t28-/m1/s1. The van der Waals surface area contributed by atoms with Crippen LogP contribution in [-0.2, 0) is 23.1 Å². The SMILES string of the molecule is CCCCCCCCC/C=C/C/C=C/C/C=C/C/C=C/CCCC(=O)OC[C@@H](O)COP(=O)(O)OCCN. The van der Waals surface area contributed by atoms with Crippen LogP contribution in [-0.4, -0.2) is 48.4 Å². The van der Waals surface area contributed by atoms with Crippen molar-refractivity contribution in [3.8, 4) is 0 Å². The molecule has 0 bridgehead atoms. The van der Waals surface area contributed by atoms with Gasteiger partial charge in [-0.2, -0.15) is 0 Å². The lowest BCUT2D eigenvalue weighted by Gasteiger charge is -2.15. The molecular weight excluding hydrogens is 505 g/mol. The van der Waals surface area contributed by atoms with Gasteiger partial charge in [-0.25, -0.2) is 4.57 Å². The van der Waals surface area contributed by atoms with Crippen LogP contribution in [0.25, 0.3) is 0 Å². The zero-order valence-electron chi connectivity index (χ0n) is 23.4. The first kappa shape index (κ1) is 36.5. The van der Waals surface area contributed by atoms with Crippen LogP contribution in [0.15, 0.2) is 48.6 Å². The third-order valence-electron chi connectivity index (χ3n) is 5.45. The van der Waals surface area contributed by atoms with Crippen molar-refractivity contribution in [2.75, 3.05) is 26.4 Å². The molecule has 38 heavy (non-hydrogen) atoms. The Balaban J connectivity index is 3.62.